The predicted molar refractivity (Wildman–Crippen MR) is 109 cm³/mol. The number of nitrogens with zero attached hydrogens (tertiary/aromatic N) is 5. The van der Waals surface area contributed by atoms with Gasteiger partial charge in [-0.15, -0.1) is 0 Å². The van der Waals surface area contributed by atoms with Crippen molar-refractivity contribution < 1.29 is 18.0 Å². The molecule has 5 rings (SSSR count). The summed E-state index contributed by atoms with van der Waals surface area (Å²) in [5.74, 6) is -0.286. The summed E-state index contributed by atoms with van der Waals surface area (Å²) in [6.45, 7) is 3.77. The largest absolute Gasteiger partial charge is 0.433 e. The van der Waals surface area contributed by atoms with E-state index in [1.807, 2.05) is 0 Å². The number of benzene rings is 1. The number of alkyl halides is 3. The zero-order chi connectivity index (χ0) is 21.6. The fourth-order valence-electron chi connectivity index (χ4n) is 4.55. The predicted octanol–water partition coefficient (Wildman–Crippen LogP) is 3.38. The van der Waals surface area contributed by atoms with Crippen LogP contribution < -0.4 is 0 Å². The van der Waals surface area contributed by atoms with Gasteiger partial charge in [-0.25, -0.2) is 9.50 Å². The highest BCUT2D eigenvalue weighted by Gasteiger charge is 2.36. The van der Waals surface area contributed by atoms with Gasteiger partial charge in [0, 0.05) is 37.3 Å². The summed E-state index contributed by atoms with van der Waals surface area (Å²) in [6.07, 6.45) is -2.33. The van der Waals surface area contributed by atoms with E-state index < -0.39 is 11.9 Å². The standard InChI is InChI=1S/C22H22F3N5O/c23-22(24,25)20-11-17(15-5-2-1-3-6-15)26-21-12-18(27-30(20)21)19(31)14-28-9-10-29-8-4-7-16(29)13-28/h1-3,5-6,11-12,16H,4,7-10,13-14H2. The maximum atomic E-state index is 13.7. The van der Waals surface area contributed by atoms with Crippen LogP contribution in [-0.4, -0.2) is 68.9 Å². The van der Waals surface area contributed by atoms with E-state index in [2.05, 4.69) is 19.9 Å². The van der Waals surface area contributed by atoms with Crippen molar-refractivity contribution in [2.45, 2.75) is 25.1 Å². The lowest BCUT2D eigenvalue weighted by Gasteiger charge is -2.36. The van der Waals surface area contributed by atoms with Crippen molar-refractivity contribution in [3.8, 4) is 11.3 Å². The van der Waals surface area contributed by atoms with E-state index in [9.17, 15) is 18.0 Å². The Morgan fingerprint density at radius 1 is 1.10 bits per heavy atom. The Hall–Kier alpha value is -2.78. The van der Waals surface area contributed by atoms with Gasteiger partial charge >= 0.3 is 6.18 Å². The molecule has 0 bridgehead atoms. The lowest BCUT2D eigenvalue weighted by Crippen LogP contribution is -2.51. The van der Waals surface area contributed by atoms with Gasteiger partial charge in [-0.1, -0.05) is 30.3 Å². The number of Topliss-reactive ketones (excluding diaryl/α,β-unsaturated/α-hetero) is 1. The number of carbonyl (C=O) groups excluding carboxylic acids is 1. The molecule has 2 fully saturated rings. The first kappa shape index (κ1) is 20.1. The van der Waals surface area contributed by atoms with Crippen molar-refractivity contribution in [1.82, 2.24) is 24.4 Å². The topological polar surface area (TPSA) is 53.7 Å². The lowest BCUT2D eigenvalue weighted by atomic mass is 10.1. The number of ketones is 1. The fraction of sp³-hybridized carbons (Fsp3) is 0.409. The van der Waals surface area contributed by atoms with Crippen LogP contribution in [0.5, 0.6) is 0 Å². The summed E-state index contributed by atoms with van der Waals surface area (Å²) >= 11 is 0. The SMILES string of the molecule is O=C(CN1CCN2CCCC2C1)c1cc2nc(-c3ccccc3)cc(C(F)(F)F)n2n1. The number of rotatable bonds is 4. The number of halogens is 3. The molecule has 0 aliphatic carbocycles. The molecule has 0 spiro atoms. The number of hydrogen-bond donors (Lipinski definition) is 0. The van der Waals surface area contributed by atoms with Gasteiger partial charge < -0.3 is 0 Å². The molecule has 0 saturated carbocycles. The van der Waals surface area contributed by atoms with Crippen molar-refractivity contribution in [3.05, 3.63) is 53.9 Å². The Kier molecular flexibility index (Phi) is 5.02. The van der Waals surface area contributed by atoms with Crippen LogP contribution in [0.15, 0.2) is 42.5 Å². The first-order valence-electron chi connectivity index (χ1n) is 10.4. The Balaban J connectivity index is 1.45. The van der Waals surface area contributed by atoms with E-state index in [0.717, 1.165) is 43.2 Å². The molecular formula is C22H22F3N5O. The second kappa shape index (κ2) is 7.72. The molecule has 0 radical (unpaired) electrons. The Morgan fingerprint density at radius 2 is 1.90 bits per heavy atom. The van der Waals surface area contributed by atoms with Crippen LogP contribution in [0.1, 0.15) is 29.0 Å². The molecule has 4 heterocycles. The molecule has 9 heteroatoms. The molecule has 0 amide bonds. The van der Waals surface area contributed by atoms with Gasteiger partial charge in [-0.05, 0) is 25.5 Å². The van der Waals surface area contributed by atoms with Crippen molar-refractivity contribution in [3.63, 3.8) is 0 Å². The van der Waals surface area contributed by atoms with Gasteiger partial charge in [-0.2, -0.15) is 18.3 Å². The number of hydrogen-bond acceptors (Lipinski definition) is 5. The van der Waals surface area contributed by atoms with Crippen LogP contribution >= 0.6 is 0 Å². The van der Waals surface area contributed by atoms with Crippen LogP contribution in [-0.2, 0) is 6.18 Å². The molecule has 1 aromatic carbocycles. The number of fused-ring (bicyclic) bond motifs is 2. The molecule has 31 heavy (non-hydrogen) atoms. The van der Waals surface area contributed by atoms with Crippen LogP contribution in [0.4, 0.5) is 13.2 Å². The summed E-state index contributed by atoms with van der Waals surface area (Å²) in [4.78, 5) is 21.7. The van der Waals surface area contributed by atoms with Crippen LogP contribution in [0.25, 0.3) is 16.9 Å². The van der Waals surface area contributed by atoms with Gasteiger partial charge in [0.05, 0.1) is 12.2 Å². The second-order valence-corrected chi connectivity index (χ2v) is 8.18. The molecule has 1 atom stereocenters. The normalized spacial score (nSPS) is 20.3. The third kappa shape index (κ3) is 3.95. The highest BCUT2D eigenvalue weighted by atomic mass is 19.4. The van der Waals surface area contributed by atoms with Gasteiger partial charge in [0.15, 0.2) is 17.1 Å². The van der Waals surface area contributed by atoms with Crippen LogP contribution in [0, 0.1) is 0 Å². The minimum atomic E-state index is -4.63. The van der Waals surface area contributed by atoms with E-state index in [4.69, 9.17) is 0 Å². The maximum absolute atomic E-state index is 13.7. The third-order valence-electron chi connectivity index (χ3n) is 6.11. The van der Waals surface area contributed by atoms with Crippen molar-refractivity contribution in [2.24, 2.45) is 0 Å². The van der Waals surface area contributed by atoms with Gasteiger partial charge in [0.2, 0.25) is 0 Å². The fourth-order valence-corrected chi connectivity index (χ4v) is 4.55. The molecule has 2 aromatic heterocycles. The Bertz CT molecular complexity index is 1110. The second-order valence-electron chi connectivity index (χ2n) is 8.18. The quantitative estimate of drug-likeness (QED) is 0.596. The molecule has 2 aliphatic heterocycles. The minimum Gasteiger partial charge on any atom is -0.298 e. The van der Waals surface area contributed by atoms with Crippen molar-refractivity contribution >= 4 is 11.4 Å². The van der Waals surface area contributed by atoms with Gasteiger partial charge in [-0.3, -0.25) is 14.6 Å². The number of piperazine rings is 1. The van der Waals surface area contributed by atoms with E-state index in [1.165, 1.54) is 12.5 Å². The Labute approximate surface area is 177 Å². The summed E-state index contributed by atoms with van der Waals surface area (Å²) in [5.41, 5.74) is -0.166. The first-order chi connectivity index (χ1) is 14.9. The molecule has 2 aliphatic rings. The summed E-state index contributed by atoms with van der Waals surface area (Å²) in [7, 11) is 0. The van der Waals surface area contributed by atoms with Crippen LogP contribution in [0.2, 0.25) is 0 Å². The summed E-state index contributed by atoms with van der Waals surface area (Å²) < 4.78 is 41.9. The Morgan fingerprint density at radius 3 is 2.68 bits per heavy atom. The molecule has 3 aromatic rings. The first-order valence-corrected chi connectivity index (χ1v) is 10.4. The third-order valence-corrected chi connectivity index (χ3v) is 6.11. The molecule has 162 valence electrons. The average molecular weight is 429 g/mol. The highest BCUT2D eigenvalue weighted by molar-refractivity contribution is 5.96. The van der Waals surface area contributed by atoms with E-state index in [1.54, 1.807) is 30.3 Å². The summed E-state index contributed by atoms with van der Waals surface area (Å²) in [5, 5.41) is 3.99. The van der Waals surface area contributed by atoms with E-state index >= 15 is 0 Å². The maximum Gasteiger partial charge on any atom is 0.433 e. The number of aromatic nitrogens is 3. The number of carbonyl (C=O) groups is 1. The van der Waals surface area contributed by atoms with E-state index in [-0.39, 0.29) is 29.4 Å². The zero-order valence-electron chi connectivity index (χ0n) is 16.8. The van der Waals surface area contributed by atoms with Crippen LogP contribution in [0.3, 0.4) is 0 Å². The zero-order valence-corrected chi connectivity index (χ0v) is 16.8. The lowest BCUT2D eigenvalue weighted by molar-refractivity contribution is -0.142. The van der Waals surface area contributed by atoms with Gasteiger partial charge in [0.25, 0.3) is 0 Å². The summed E-state index contributed by atoms with van der Waals surface area (Å²) in [6, 6.07) is 11.5. The highest BCUT2D eigenvalue weighted by Crippen LogP contribution is 2.32. The molecule has 6 nitrogen and oxygen atoms in total. The molecular weight excluding hydrogens is 407 g/mol. The monoisotopic (exact) mass is 429 g/mol. The molecule has 2 saturated heterocycles. The molecule has 1 unspecified atom stereocenters. The average Bonchev–Trinajstić information content (AvgIpc) is 3.39. The smallest absolute Gasteiger partial charge is 0.298 e. The van der Waals surface area contributed by atoms with Crippen molar-refractivity contribution in [2.75, 3.05) is 32.7 Å². The van der Waals surface area contributed by atoms with Crippen molar-refractivity contribution in [1.29, 1.82) is 0 Å². The van der Waals surface area contributed by atoms with E-state index in [0.29, 0.717) is 11.6 Å². The molecule has 0 N–H and O–H groups in total. The van der Waals surface area contributed by atoms with Gasteiger partial charge in [0.1, 0.15) is 5.69 Å². The minimum absolute atomic E-state index is 0.0112.